The molecule has 1 atom stereocenters. The Labute approximate surface area is 367 Å². The van der Waals surface area contributed by atoms with Crippen molar-refractivity contribution in [3.63, 3.8) is 0 Å². The third-order valence-corrected chi connectivity index (χ3v) is 11.8. The van der Waals surface area contributed by atoms with Crippen LogP contribution in [0.15, 0.2) is 12.2 Å². The molecule has 1 unspecified atom stereocenters. The van der Waals surface area contributed by atoms with E-state index in [0.717, 1.165) is 64.2 Å². The van der Waals surface area contributed by atoms with Gasteiger partial charge in [-0.25, -0.2) is 0 Å². The average Bonchev–Trinajstić information content (AvgIpc) is 3.23. The van der Waals surface area contributed by atoms with Crippen LogP contribution in [-0.4, -0.2) is 37.2 Å². The van der Waals surface area contributed by atoms with Gasteiger partial charge in [0.15, 0.2) is 6.10 Å². The molecule has 0 aromatic heterocycles. The van der Waals surface area contributed by atoms with Gasteiger partial charge in [0.1, 0.15) is 13.2 Å². The van der Waals surface area contributed by atoms with Crippen LogP contribution in [0.4, 0.5) is 0 Å². The highest BCUT2D eigenvalue weighted by atomic mass is 16.6. The van der Waals surface area contributed by atoms with E-state index in [4.69, 9.17) is 14.2 Å². The fraction of sp³-hybridized carbons (Fsp3) is 0.906. The van der Waals surface area contributed by atoms with Crippen molar-refractivity contribution in [3.8, 4) is 0 Å². The zero-order valence-corrected chi connectivity index (χ0v) is 39.8. The van der Waals surface area contributed by atoms with Crippen LogP contribution in [0.1, 0.15) is 290 Å². The number of carbonyl (C=O) groups excluding carboxylic acids is 3. The molecule has 6 heteroatoms. The fourth-order valence-corrected chi connectivity index (χ4v) is 7.79. The lowest BCUT2D eigenvalue weighted by atomic mass is 10.0. The molecule has 0 spiro atoms. The van der Waals surface area contributed by atoms with Gasteiger partial charge < -0.3 is 14.2 Å². The van der Waals surface area contributed by atoms with Gasteiger partial charge in [-0.05, 0) is 44.9 Å². The van der Waals surface area contributed by atoms with Crippen LogP contribution in [-0.2, 0) is 28.6 Å². The van der Waals surface area contributed by atoms with Crippen molar-refractivity contribution in [1.82, 2.24) is 0 Å². The minimum atomic E-state index is -0.766. The van der Waals surface area contributed by atoms with Crippen molar-refractivity contribution < 1.29 is 28.6 Å². The van der Waals surface area contributed by atoms with Crippen LogP contribution < -0.4 is 0 Å². The van der Waals surface area contributed by atoms with Crippen LogP contribution in [0.25, 0.3) is 0 Å². The summed E-state index contributed by atoms with van der Waals surface area (Å²) < 4.78 is 16.8. The molecule has 0 bridgehead atoms. The van der Waals surface area contributed by atoms with Gasteiger partial charge in [-0.2, -0.15) is 0 Å². The highest BCUT2D eigenvalue weighted by Crippen LogP contribution is 2.16. The minimum absolute atomic E-state index is 0.0682. The zero-order valence-electron chi connectivity index (χ0n) is 39.8. The molecule has 0 aliphatic carbocycles. The minimum Gasteiger partial charge on any atom is -0.462 e. The predicted octanol–water partition coefficient (Wildman–Crippen LogP) is 17.0. The Balaban J connectivity index is 4.27. The van der Waals surface area contributed by atoms with Crippen LogP contribution in [0.3, 0.4) is 0 Å². The van der Waals surface area contributed by atoms with E-state index < -0.39 is 6.10 Å². The Morgan fingerprint density at radius 2 is 0.559 bits per heavy atom. The summed E-state index contributed by atoms with van der Waals surface area (Å²) in [5.41, 5.74) is 0. The van der Waals surface area contributed by atoms with Gasteiger partial charge in [0.25, 0.3) is 0 Å². The van der Waals surface area contributed by atoms with Crippen molar-refractivity contribution in [1.29, 1.82) is 0 Å². The molecule has 0 saturated carbocycles. The predicted molar refractivity (Wildman–Crippen MR) is 252 cm³/mol. The number of ether oxygens (including phenoxy) is 3. The second-order valence-corrected chi connectivity index (χ2v) is 17.8. The summed E-state index contributed by atoms with van der Waals surface area (Å²) in [6, 6.07) is 0. The number of hydrogen-bond donors (Lipinski definition) is 0. The number of unbranched alkanes of at least 4 members (excludes halogenated alkanes) is 35. The standard InChI is InChI=1S/C53H100O6/c1-4-7-10-13-16-19-21-23-25-26-28-29-31-34-37-40-43-46-52(55)58-49-50(48-57-51(54)45-42-39-36-33-18-15-12-9-6-3)59-53(56)47-44-41-38-35-32-30-27-24-22-20-17-14-11-8-5-2/h24,27,50H,4-23,25-26,28-49H2,1-3H3/b27-24-. The first-order chi connectivity index (χ1) is 29.0. The van der Waals surface area contributed by atoms with E-state index in [-0.39, 0.29) is 31.1 Å². The molecule has 0 saturated heterocycles. The Bertz CT molecular complexity index is 916. The smallest absolute Gasteiger partial charge is 0.306 e. The quantitative estimate of drug-likeness (QED) is 0.0263. The van der Waals surface area contributed by atoms with Crippen LogP contribution in [0.2, 0.25) is 0 Å². The number of esters is 3. The molecule has 0 aliphatic heterocycles. The van der Waals surface area contributed by atoms with Crippen molar-refractivity contribution in [2.75, 3.05) is 13.2 Å². The van der Waals surface area contributed by atoms with E-state index in [1.807, 2.05) is 0 Å². The first kappa shape index (κ1) is 57.1. The second kappa shape index (κ2) is 48.8. The summed E-state index contributed by atoms with van der Waals surface area (Å²) in [6.07, 6.45) is 53.4. The van der Waals surface area contributed by atoms with E-state index in [9.17, 15) is 14.4 Å². The molecule has 0 aromatic carbocycles. The molecule has 0 aliphatic rings. The third kappa shape index (κ3) is 47.1. The number of rotatable bonds is 48. The fourth-order valence-electron chi connectivity index (χ4n) is 7.79. The maximum atomic E-state index is 12.8. The number of carbonyl (C=O) groups is 3. The molecule has 0 N–H and O–H groups in total. The maximum absolute atomic E-state index is 12.8. The van der Waals surface area contributed by atoms with E-state index in [1.165, 1.54) is 186 Å². The molecule has 0 radical (unpaired) electrons. The lowest BCUT2D eigenvalue weighted by Gasteiger charge is -2.18. The summed E-state index contributed by atoms with van der Waals surface area (Å²) in [4.78, 5) is 37.9. The van der Waals surface area contributed by atoms with Crippen molar-refractivity contribution in [2.45, 2.75) is 297 Å². The Kier molecular flexibility index (Phi) is 47.3. The molecule has 0 amide bonds. The lowest BCUT2D eigenvalue weighted by Crippen LogP contribution is -2.30. The monoisotopic (exact) mass is 833 g/mol. The zero-order chi connectivity index (χ0) is 43.0. The molecule has 348 valence electrons. The summed E-state index contributed by atoms with van der Waals surface area (Å²) >= 11 is 0. The van der Waals surface area contributed by atoms with Gasteiger partial charge in [0, 0.05) is 19.3 Å². The molecular formula is C53H100O6. The Morgan fingerprint density at radius 1 is 0.322 bits per heavy atom. The summed E-state index contributed by atoms with van der Waals surface area (Å²) in [5, 5.41) is 0. The molecule has 0 fully saturated rings. The summed E-state index contributed by atoms with van der Waals surface area (Å²) in [5.74, 6) is -0.863. The van der Waals surface area contributed by atoms with E-state index in [1.54, 1.807) is 0 Å². The summed E-state index contributed by atoms with van der Waals surface area (Å²) in [7, 11) is 0. The topological polar surface area (TPSA) is 78.9 Å². The van der Waals surface area contributed by atoms with Crippen molar-refractivity contribution >= 4 is 17.9 Å². The van der Waals surface area contributed by atoms with Crippen molar-refractivity contribution in [3.05, 3.63) is 12.2 Å². The van der Waals surface area contributed by atoms with Crippen LogP contribution in [0.5, 0.6) is 0 Å². The largest absolute Gasteiger partial charge is 0.462 e. The first-order valence-electron chi connectivity index (χ1n) is 26.2. The molecule has 59 heavy (non-hydrogen) atoms. The van der Waals surface area contributed by atoms with E-state index in [0.29, 0.717) is 19.3 Å². The van der Waals surface area contributed by atoms with Gasteiger partial charge in [0.2, 0.25) is 0 Å². The van der Waals surface area contributed by atoms with E-state index in [2.05, 4.69) is 32.9 Å². The van der Waals surface area contributed by atoms with Gasteiger partial charge >= 0.3 is 17.9 Å². The van der Waals surface area contributed by atoms with Gasteiger partial charge in [-0.3, -0.25) is 14.4 Å². The third-order valence-electron chi connectivity index (χ3n) is 11.8. The molecular weight excluding hydrogens is 733 g/mol. The van der Waals surface area contributed by atoms with Gasteiger partial charge in [0.05, 0.1) is 0 Å². The average molecular weight is 833 g/mol. The highest BCUT2D eigenvalue weighted by molar-refractivity contribution is 5.71. The number of hydrogen-bond acceptors (Lipinski definition) is 6. The summed E-state index contributed by atoms with van der Waals surface area (Å²) in [6.45, 7) is 6.64. The molecule has 0 heterocycles. The highest BCUT2D eigenvalue weighted by Gasteiger charge is 2.19. The number of allylic oxidation sites excluding steroid dienone is 2. The van der Waals surface area contributed by atoms with Crippen molar-refractivity contribution in [2.24, 2.45) is 0 Å². The van der Waals surface area contributed by atoms with Gasteiger partial charge in [-0.15, -0.1) is 0 Å². The molecule has 6 nitrogen and oxygen atoms in total. The Morgan fingerprint density at radius 3 is 0.847 bits per heavy atom. The van der Waals surface area contributed by atoms with Gasteiger partial charge in [-0.1, -0.05) is 238 Å². The van der Waals surface area contributed by atoms with Crippen LogP contribution >= 0.6 is 0 Å². The molecule has 0 rings (SSSR count). The molecule has 0 aromatic rings. The van der Waals surface area contributed by atoms with Crippen LogP contribution in [0, 0.1) is 0 Å². The lowest BCUT2D eigenvalue weighted by molar-refractivity contribution is -0.167. The maximum Gasteiger partial charge on any atom is 0.306 e. The SMILES string of the molecule is CCCCCCCC/C=C\CCCCCCCC(=O)OC(COC(=O)CCCCCCCCCCC)COC(=O)CCCCCCCCCCCCCCCCCCC. The second-order valence-electron chi connectivity index (χ2n) is 17.8. The first-order valence-corrected chi connectivity index (χ1v) is 26.2. The Hall–Kier alpha value is -1.85. The normalized spacial score (nSPS) is 12.0. The van der Waals surface area contributed by atoms with E-state index >= 15 is 0 Å².